The van der Waals surface area contributed by atoms with Crippen molar-refractivity contribution in [1.29, 1.82) is 0 Å². The van der Waals surface area contributed by atoms with Crippen LogP contribution in [0.4, 0.5) is 11.6 Å². The molecule has 4 aromatic rings. The van der Waals surface area contributed by atoms with Crippen LogP contribution in [-0.2, 0) is 18.9 Å². The molecule has 1 aromatic carbocycles. The number of hydrogen-bond acceptors (Lipinski definition) is 7. The number of aliphatic hydroxyl groups is 1. The molecule has 0 bridgehead atoms. The van der Waals surface area contributed by atoms with E-state index in [-0.39, 0.29) is 12.0 Å². The second-order valence-electron chi connectivity index (χ2n) is 8.65. The molecule has 1 atom stereocenters. The molecule has 0 radical (unpaired) electrons. The Kier molecular flexibility index (Phi) is 5.30. The maximum atomic E-state index is 9.92. The Morgan fingerprint density at radius 1 is 1.12 bits per heavy atom. The molecule has 3 aromatic heterocycles. The zero-order valence-electron chi connectivity index (χ0n) is 18.9. The largest absolute Gasteiger partial charge is 0.495 e. The number of ether oxygens (including phenoxy) is 1. The first-order chi connectivity index (χ1) is 16.0. The van der Waals surface area contributed by atoms with Gasteiger partial charge in [-0.05, 0) is 48.2 Å². The Bertz CT molecular complexity index is 1320. The first kappa shape index (κ1) is 21.1. The average molecular weight is 443 g/mol. The number of nitrogens with zero attached hydrogens (tertiary/aromatic N) is 5. The van der Waals surface area contributed by atoms with E-state index in [0.29, 0.717) is 11.7 Å². The molecule has 0 saturated carbocycles. The van der Waals surface area contributed by atoms with E-state index in [2.05, 4.69) is 33.4 Å². The molecule has 0 amide bonds. The predicted molar refractivity (Wildman–Crippen MR) is 127 cm³/mol. The van der Waals surface area contributed by atoms with Crippen molar-refractivity contribution in [3.05, 3.63) is 66.4 Å². The summed E-state index contributed by atoms with van der Waals surface area (Å²) in [6.07, 6.45) is 9.14. The lowest BCUT2D eigenvalue weighted by Gasteiger charge is -2.22. The highest BCUT2D eigenvalue weighted by molar-refractivity contribution is 5.74. The monoisotopic (exact) mass is 442 g/mol. The summed E-state index contributed by atoms with van der Waals surface area (Å²) in [6.45, 7) is 2.19. The number of aryl methyl sites for hydroxylation is 2. The third kappa shape index (κ3) is 3.93. The van der Waals surface area contributed by atoms with Crippen LogP contribution in [0.25, 0.3) is 22.4 Å². The summed E-state index contributed by atoms with van der Waals surface area (Å²) in [7, 11) is 3.53. The first-order valence-corrected chi connectivity index (χ1v) is 10.9. The molecule has 168 valence electrons. The minimum absolute atomic E-state index is 0.106. The van der Waals surface area contributed by atoms with Crippen molar-refractivity contribution in [2.75, 3.05) is 19.0 Å². The van der Waals surface area contributed by atoms with Gasteiger partial charge in [0.05, 0.1) is 31.3 Å². The highest BCUT2D eigenvalue weighted by Crippen LogP contribution is 2.39. The molecule has 0 aliphatic heterocycles. The molecule has 8 nitrogen and oxygen atoms in total. The summed E-state index contributed by atoms with van der Waals surface area (Å²) in [5, 5.41) is 17.5. The van der Waals surface area contributed by atoms with Crippen LogP contribution in [-0.4, -0.2) is 43.6 Å². The number of anilines is 2. The van der Waals surface area contributed by atoms with E-state index in [9.17, 15) is 5.11 Å². The number of aliphatic hydroxyl groups excluding tert-OH is 1. The zero-order valence-corrected chi connectivity index (χ0v) is 18.9. The molecule has 1 unspecified atom stereocenters. The van der Waals surface area contributed by atoms with Crippen LogP contribution in [0.5, 0.6) is 5.75 Å². The molecule has 8 heteroatoms. The summed E-state index contributed by atoms with van der Waals surface area (Å²) >= 11 is 0. The summed E-state index contributed by atoms with van der Waals surface area (Å²) in [5.41, 5.74) is 6.33. The van der Waals surface area contributed by atoms with Crippen molar-refractivity contribution in [2.45, 2.75) is 25.2 Å². The van der Waals surface area contributed by atoms with Gasteiger partial charge in [0, 0.05) is 47.9 Å². The molecular formula is C25H26N6O2. The van der Waals surface area contributed by atoms with Crippen molar-refractivity contribution in [3.63, 3.8) is 0 Å². The number of pyridine rings is 1. The van der Waals surface area contributed by atoms with Gasteiger partial charge in [0.2, 0.25) is 5.95 Å². The lowest BCUT2D eigenvalue weighted by atomic mass is 9.85. The van der Waals surface area contributed by atoms with E-state index in [4.69, 9.17) is 9.72 Å². The minimum atomic E-state index is -0.257. The molecule has 0 fully saturated rings. The van der Waals surface area contributed by atoms with E-state index in [1.807, 2.05) is 49.9 Å². The molecule has 1 aliphatic carbocycles. The number of rotatable bonds is 6. The van der Waals surface area contributed by atoms with Crippen molar-refractivity contribution in [1.82, 2.24) is 24.7 Å². The van der Waals surface area contributed by atoms with Crippen LogP contribution in [0.15, 0.2) is 55.1 Å². The van der Waals surface area contributed by atoms with Crippen LogP contribution >= 0.6 is 0 Å². The Hall–Kier alpha value is -3.78. The Balaban J connectivity index is 1.47. The minimum Gasteiger partial charge on any atom is -0.495 e. The van der Waals surface area contributed by atoms with Crippen LogP contribution in [0.3, 0.4) is 0 Å². The lowest BCUT2D eigenvalue weighted by Crippen LogP contribution is -2.23. The molecule has 0 saturated heterocycles. The Labute approximate surface area is 192 Å². The predicted octanol–water partition coefficient (Wildman–Crippen LogP) is 3.89. The Morgan fingerprint density at radius 2 is 2.00 bits per heavy atom. The van der Waals surface area contributed by atoms with Crippen molar-refractivity contribution in [3.8, 4) is 28.1 Å². The molecule has 2 N–H and O–H groups in total. The number of aromatic nitrogens is 5. The van der Waals surface area contributed by atoms with Gasteiger partial charge in [-0.15, -0.1) is 0 Å². The number of methoxy groups -OCH3 is 1. The SMILES string of the molecule is COc1ccc(-c2cnn(C)c2)cc1Nc1nccc(-c2cnc3c(c2)C(C)(CO)CC3)n1. The van der Waals surface area contributed by atoms with Crippen LogP contribution in [0.1, 0.15) is 24.6 Å². The third-order valence-corrected chi connectivity index (χ3v) is 6.32. The van der Waals surface area contributed by atoms with Gasteiger partial charge in [0.1, 0.15) is 5.75 Å². The average Bonchev–Trinajstić information content (AvgIpc) is 3.43. The van der Waals surface area contributed by atoms with Crippen molar-refractivity contribution >= 4 is 11.6 Å². The maximum Gasteiger partial charge on any atom is 0.227 e. The number of nitrogens with one attached hydrogen (secondary N) is 1. The maximum absolute atomic E-state index is 9.92. The van der Waals surface area contributed by atoms with Gasteiger partial charge in [0.25, 0.3) is 0 Å². The van der Waals surface area contributed by atoms with Crippen LogP contribution in [0, 0.1) is 0 Å². The van der Waals surface area contributed by atoms with Gasteiger partial charge in [0.15, 0.2) is 0 Å². The fourth-order valence-corrected chi connectivity index (χ4v) is 4.30. The summed E-state index contributed by atoms with van der Waals surface area (Å²) < 4.78 is 7.31. The molecule has 5 rings (SSSR count). The normalized spacial score (nSPS) is 17.1. The third-order valence-electron chi connectivity index (χ3n) is 6.32. The van der Waals surface area contributed by atoms with E-state index < -0.39 is 0 Å². The van der Waals surface area contributed by atoms with Gasteiger partial charge < -0.3 is 15.2 Å². The molecule has 3 heterocycles. The van der Waals surface area contributed by atoms with Crippen molar-refractivity contribution in [2.24, 2.45) is 7.05 Å². The standard InChI is InChI=1S/C25H26N6O2/c1-25(15-32)8-6-21-19(25)10-17(12-27-21)20-7-9-26-24(29-20)30-22-11-16(4-5-23(22)33-3)18-13-28-31(2)14-18/h4-5,7,9-14,32H,6,8,15H2,1-3H3,(H,26,29,30). The molecular weight excluding hydrogens is 416 g/mol. The highest BCUT2D eigenvalue weighted by Gasteiger charge is 2.35. The summed E-state index contributed by atoms with van der Waals surface area (Å²) in [4.78, 5) is 13.8. The quantitative estimate of drug-likeness (QED) is 0.467. The Morgan fingerprint density at radius 3 is 2.76 bits per heavy atom. The van der Waals surface area contributed by atoms with E-state index in [0.717, 1.165) is 52.2 Å². The molecule has 1 aliphatic rings. The lowest BCUT2D eigenvalue weighted by molar-refractivity contribution is 0.206. The van der Waals surface area contributed by atoms with E-state index >= 15 is 0 Å². The summed E-state index contributed by atoms with van der Waals surface area (Å²) in [6, 6.07) is 9.86. The second kappa shape index (κ2) is 8.29. The van der Waals surface area contributed by atoms with Crippen molar-refractivity contribution < 1.29 is 9.84 Å². The molecule has 33 heavy (non-hydrogen) atoms. The van der Waals surface area contributed by atoms with Crippen LogP contribution < -0.4 is 10.1 Å². The van der Waals surface area contributed by atoms with E-state index in [1.54, 1.807) is 18.0 Å². The first-order valence-electron chi connectivity index (χ1n) is 10.9. The van der Waals surface area contributed by atoms with Gasteiger partial charge >= 0.3 is 0 Å². The fourth-order valence-electron chi connectivity index (χ4n) is 4.30. The summed E-state index contributed by atoms with van der Waals surface area (Å²) in [5.74, 6) is 1.15. The van der Waals surface area contributed by atoms with Gasteiger partial charge in [-0.3, -0.25) is 9.67 Å². The van der Waals surface area contributed by atoms with Gasteiger partial charge in [-0.1, -0.05) is 13.0 Å². The number of fused-ring (bicyclic) bond motifs is 1. The number of benzene rings is 1. The van der Waals surface area contributed by atoms with Gasteiger partial charge in [-0.25, -0.2) is 9.97 Å². The molecule has 0 spiro atoms. The van der Waals surface area contributed by atoms with Crippen LogP contribution in [0.2, 0.25) is 0 Å². The smallest absolute Gasteiger partial charge is 0.227 e. The number of hydrogen-bond donors (Lipinski definition) is 2. The highest BCUT2D eigenvalue weighted by atomic mass is 16.5. The van der Waals surface area contributed by atoms with E-state index in [1.165, 1.54) is 0 Å². The second-order valence-corrected chi connectivity index (χ2v) is 8.65. The zero-order chi connectivity index (χ0) is 23.0. The fraction of sp³-hybridized carbons (Fsp3) is 0.280. The van der Waals surface area contributed by atoms with Gasteiger partial charge in [-0.2, -0.15) is 5.10 Å². The topological polar surface area (TPSA) is 98.0 Å².